The van der Waals surface area contributed by atoms with E-state index in [2.05, 4.69) is 45.7 Å². The number of nitrogens with zero attached hydrogens (tertiary/aromatic N) is 2. The zero-order valence-corrected chi connectivity index (χ0v) is 13.3. The number of hydrogen-bond donors (Lipinski definition) is 0. The number of aromatic nitrogens is 2. The largest absolute Gasteiger partial charge is 0.496 e. The lowest BCUT2D eigenvalue weighted by atomic mass is 9.80. The fourth-order valence-corrected chi connectivity index (χ4v) is 2.44. The van der Waals surface area contributed by atoms with Gasteiger partial charge in [-0.05, 0) is 52.3 Å². The molecular formula is C16H21BN2O2. The Morgan fingerprint density at radius 1 is 1.05 bits per heavy atom. The van der Waals surface area contributed by atoms with E-state index in [1.54, 1.807) is 0 Å². The van der Waals surface area contributed by atoms with Crippen LogP contribution in [0.3, 0.4) is 0 Å². The van der Waals surface area contributed by atoms with Crippen molar-refractivity contribution in [1.82, 2.24) is 9.55 Å². The van der Waals surface area contributed by atoms with E-state index in [0.717, 1.165) is 16.8 Å². The van der Waals surface area contributed by atoms with Crippen molar-refractivity contribution in [1.29, 1.82) is 0 Å². The summed E-state index contributed by atoms with van der Waals surface area (Å²) in [7, 11) is -0.361. The average Bonchev–Trinajstić information content (AvgIpc) is 2.96. The Kier molecular flexibility index (Phi) is 3.22. The van der Waals surface area contributed by atoms with Gasteiger partial charge in [0.2, 0.25) is 0 Å². The summed E-state index contributed by atoms with van der Waals surface area (Å²) in [6.07, 6.45) is 5.82. The second-order valence-corrected chi connectivity index (χ2v) is 6.59. The predicted octanol–water partition coefficient (Wildman–Crippen LogP) is 2.48. The van der Waals surface area contributed by atoms with Crippen LogP contribution in [-0.4, -0.2) is 27.9 Å². The van der Waals surface area contributed by atoms with Gasteiger partial charge in [0.1, 0.15) is 5.82 Å². The molecule has 1 aliphatic rings. The molecule has 0 atom stereocenters. The first-order valence-corrected chi connectivity index (χ1v) is 7.26. The average molecular weight is 284 g/mol. The van der Waals surface area contributed by atoms with Gasteiger partial charge in [-0.2, -0.15) is 0 Å². The van der Waals surface area contributed by atoms with Crippen LogP contribution in [-0.2, 0) is 9.31 Å². The molecule has 110 valence electrons. The Morgan fingerprint density at radius 3 is 2.14 bits per heavy atom. The van der Waals surface area contributed by atoms with Crippen molar-refractivity contribution >= 4 is 12.6 Å². The molecule has 0 aromatic carbocycles. The van der Waals surface area contributed by atoms with Crippen molar-refractivity contribution in [3.05, 3.63) is 42.4 Å². The monoisotopic (exact) mass is 284 g/mol. The van der Waals surface area contributed by atoms with E-state index in [-0.39, 0.29) is 18.3 Å². The van der Waals surface area contributed by atoms with Crippen LogP contribution in [0, 0.1) is 6.92 Å². The van der Waals surface area contributed by atoms with E-state index < -0.39 is 0 Å². The normalized spacial score (nSPS) is 20.0. The van der Waals surface area contributed by atoms with E-state index in [4.69, 9.17) is 9.31 Å². The molecule has 1 saturated heterocycles. The molecule has 0 radical (unpaired) electrons. The third-order valence-electron chi connectivity index (χ3n) is 4.45. The van der Waals surface area contributed by atoms with Gasteiger partial charge in [0, 0.05) is 24.1 Å². The first-order chi connectivity index (χ1) is 9.80. The summed E-state index contributed by atoms with van der Waals surface area (Å²) < 4.78 is 14.1. The molecule has 3 heterocycles. The van der Waals surface area contributed by atoms with E-state index in [1.165, 1.54) is 0 Å². The van der Waals surface area contributed by atoms with Gasteiger partial charge < -0.3 is 13.9 Å². The molecule has 0 unspecified atom stereocenters. The highest BCUT2D eigenvalue weighted by Crippen LogP contribution is 2.36. The van der Waals surface area contributed by atoms with Crippen LogP contribution in [0.4, 0.5) is 0 Å². The number of aryl methyl sites for hydroxylation is 1. The molecule has 0 amide bonds. The minimum atomic E-state index is -0.361. The quantitative estimate of drug-likeness (QED) is 0.795. The molecular weight excluding hydrogens is 263 g/mol. The van der Waals surface area contributed by atoms with E-state index in [9.17, 15) is 0 Å². The minimum Gasteiger partial charge on any atom is -0.399 e. The lowest BCUT2D eigenvalue weighted by Crippen LogP contribution is -2.41. The van der Waals surface area contributed by atoms with Gasteiger partial charge >= 0.3 is 7.12 Å². The maximum absolute atomic E-state index is 6.07. The first-order valence-electron chi connectivity index (χ1n) is 7.26. The molecule has 1 aliphatic heterocycles. The van der Waals surface area contributed by atoms with Gasteiger partial charge in [0.25, 0.3) is 0 Å². The zero-order valence-electron chi connectivity index (χ0n) is 13.3. The van der Waals surface area contributed by atoms with Crippen LogP contribution in [0.25, 0.3) is 5.82 Å². The Labute approximate surface area is 126 Å². The van der Waals surface area contributed by atoms with Crippen LogP contribution in [0.15, 0.2) is 36.8 Å². The molecule has 0 saturated carbocycles. The third kappa shape index (κ3) is 2.41. The van der Waals surface area contributed by atoms with Crippen molar-refractivity contribution in [3.63, 3.8) is 0 Å². The Balaban J connectivity index is 1.90. The second kappa shape index (κ2) is 4.72. The maximum Gasteiger partial charge on any atom is 0.496 e. The van der Waals surface area contributed by atoms with Gasteiger partial charge in [0.15, 0.2) is 0 Å². The molecule has 0 N–H and O–H groups in total. The third-order valence-corrected chi connectivity index (χ3v) is 4.45. The highest BCUT2D eigenvalue weighted by molar-refractivity contribution is 6.62. The highest BCUT2D eigenvalue weighted by Gasteiger charge is 2.51. The standard InChI is InChI=1S/C16H21BN2O2/c1-12-10-13(11-18-14(12)19-8-6-7-9-19)17-20-15(2,3)16(4,5)21-17/h6-11H,1-5H3. The van der Waals surface area contributed by atoms with Gasteiger partial charge in [-0.3, -0.25) is 0 Å². The SMILES string of the molecule is Cc1cc(B2OC(C)(C)C(C)(C)O2)cnc1-n1cccc1. The molecule has 2 aromatic rings. The summed E-state index contributed by atoms with van der Waals surface area (Å²) in [4.78, 5) is 4.56. The number of rotatable bonds is 2. The molecule has 0 bridgehead atoms. The van der Waals surface area contributed by atoms with Gasteiger partial charge in [-0.1, -0.05) is 6.07 Å². The number of pyridine rings is 1. The molecule has 0 spiro atoms. The van der Waals surface area contributed by atoms with Gasteiger partial charge in [0.05, 0.1) is 11.2 Å². The first kappa shape index (κ1) is 14.4. The van der Waals surface area contributed by atoms with Crippen molar-refractivity contribution in [2.45, 2.75) is 45.8 Å². The predicted molar refractivity (Wildman–Crippen MR) is 84.0 cm³/mol. The number of hydrogen-bond acceptors (Lipinski definition) is 3. The van der Waals surface area contributed by atoms with Crippen LogP contribution in [0.2, 0.25) is 0 Å². The fraction of sp³-hybridized carbons (Fsp3) is 0.438. The summed E-state index contributed by atoms with van der Waals surface area (Å²) in [5, 5.41) is 0. The van der Waals surface area contributed by atoms with Crippen LogP contribution in [0.5, 0.6) is 0 Å². The van der Waals surface area contributed by atoms with Crippen molar-refractivity contribution < 1.29 is 9.31 Å². The smallest absolute Gasteiger partial charge is 0.399 e. The van der Waals surface area contributed by atoms with E-state index in [1.807, 2.05) is 35.3 Å². The van der Waals surface area contributed by atoms with Gasteiger partial charge in [-0.25, -0.2) is 4.98 Å². The summed E-state index contributed by atoms with van der Waals surface area (Å²) >= 11 is 0. The van der Waals surface area contributed by atoms with Crippen molar-refractivity contribution in [2.75, 3.05) is 0 Å². The Morgan fingerprint density at radius 2 is 1.62 bits per heavy atom. The zero-order chi connectivity index (χ0) is 15.3. The summed E-state index contributed by atoms with van der Waals surface area (Å²) in [6, 6.07) is 6.07. The summed E-state index contributed by atoms with van der Waals surface area (Å²) in [5.74, 6) is 0.931. The van der Waals surface area contributed by atoms with Crippen LogP contribution >= 0.6 is 0 Å². The molecule has 1 fully saturated rings. The topological polar surface area (TPSA) is 36.3 Å². The lowest BCUT2D eigenvalue weighted by Gasteiger charge is -2.32. The molecule has 4 nitrogen and oxygen atoms in total. The second-order valence-electron chi connectivity index (χ2n) is 6.59. The van der Waals surface area contributed by atoms with E-state index in [0.29, 0.717) is 0 Å². The maximum atomic E-state index is 6.07. The van der Waals surface area contributed by atoms with Crippen LogP contribution in [0.1, 0.15) is 33.3 Å². The Bertz CT molecular complexity index is 634. The summed E-state index contributed by atoms with van der Waals surface area (Å²) in [5.41, 5.74) is 1.40. The molecule has 0 aliphatic carbocycles. The highest BCUT2D eigenvalue weighted by atomic mass is 16.7. The van der Waals surface area contributed by atoms with Crippen molar-refractivity contribution in [3.8, 4) is 5.82 Å². The van der Waals surface area contributed by atoms with Crippen molar-refractivity contribution in [2.24, 2.45) is 0 Å². The van der Waals surface area contributed by atoms with E-state index >= 15 is 0 Å². The minimum absolute atomic E-state index is 0.329. The molecule has 3 rings (SSSR count). The lowest BCUT2D eigenvalue weighted by molar-refractivity contribution is 0.00578. The molecule has 21 heavy (non-hydrogen) atoms. The Hall–Kier alpha value is -1.59. The summed E-state index contributed by atoms with van der Waals surface area (Å²) in [6.45, 7) is 10.3. The fourth-order valence-electron chi connectivity index (χ4n) is 2.44. The van der Waals surface area contributed by atoms with Crippen LogP contribution < -0.4 is 5.46 Å². The molecule has 5 heteroatoms. The van der Waals surface area contributed by atoms with Gasteiger partial charge in [-0.15, -0.1) is 0 Å². The molecule has 2 aromatic heterocycles.